The van der Waals surface area contributed by atoms with Crippen molar-refractivity contribution in [3.8, 4) is 17.0 Å². The average molecular weight is 453 g/mol. The molecule has 0 aliphatic heterocycles. The maximum Gasteiger partial charge on any atom is 0.387 e. The van der Waals surface area contributed by atoms with E-state index in [4.69, 9.17) is 0 Å². The molecule has 1 amide bonds. The van der Waals surface area contributed by atoms with E-state index in [0.717, 1.165) is 15.6 Å². The molecule has 1 N–H and O–H groups in total. The van der Waals surface area contributed by atoms with Crippen LogP contribution in [0.3, 0.4) is 0 Å². The molecule has 2 aromatic carbocycles. The highest BCUT2D eigenvalue weighted by Crippen LogP contribution is 2.33. The molecular formula is C19H17F2N3O4S2. The number of alkyl halides is 2. The summed E-state index contributed by atoms with van der Waals surface area (Å²) in [5.41, 5.74) is 0.690. The number of likely N-dealkylation sites (N-methyl/N-ethyl adjacent to an activating group) is 1. The highest BCUT2D eigenvalue weighted by atomic mass is 32.2. The number of thiazole rings is 1. The summed E-state index contributed by atoms with van der Waals surface area (Å²) in [7, 11) is -2.51. The maximum absolute atomic E-state index is 12.6. The minimum absolute atomic E-state index is 0.0376. The fourth-order valence-electron chi connectivity index (χ4n) is 2.55. The van der Waals surface area contributed by atoms with Crippen molar-refractivity contribution in [2.75, 3.05) is 18.9 Å². The van der Waals surface area contributed by atoms with E-state index < -0.39 is 29.1 Å². The minimum Gasteiger partial charge on any atom is -0.434 e. The summed E-state index contributed by atoms with van der Waals surface area (Å²) >= 11 is 1.08. The normalized spacial score (nSPS) is 11.6. The van der Waals surface area contributed by atoms with Crippen molar-refractivity contribution in [1.29, 1.82) is 0 Å². The number of ether oxygens (including phenoxy) is 1. The van der Waals surface area contributed by atoms with Crippen LogP contribution >= 0.6 is 11.3 Å². The molecular weight excluding hydrogens is 436 g/mol. The molecule has 0 atom stereocenters. The molecule has 0 radical (unpaired) electrons. The Bertz CT molecular complexity index is 1120. The Hall–Kier alpha value is -2.89. The topological polar surface area (TPSA) is 88.6 Å². The summed E-state index contributed by atoms with van der Waals surface area (Å²) in [6.45, 7) is -3.40. The van der Waals surface area contributed by atoms with Crippen molar-refractivity contribution >= 4 is 32.4 Å². The van der Waals surface area contributed by atoms with Gasteiger partial charge in [0.05, 0.1) is 17.1 Å². The average Bonchev–Trinajstić information content (AvgIpc) is 3.16. The zero-order chi connectivity index (χ0) is 21.7. The van der Waals surface area contributed by atoms with E-state index in [1.807, 2.05) is 0 Å². The zero-order valence-corrected chi connectivity index (χ0v) is 17.3. The van der Waals surface area contributed by atoms with Gasteiger partial charge in [-0.2, -0.15) is 13.1 Å². The first-order valence-corrected chi connectivity index (χ1v) is 10.9. The van der Waals surface area contributed by atoms with Gasteiger partial charge in [0.25, 0.3) is 0 Å². The Morgan fingerprint density at radius 2 is 1.83 bits per heavy atom. The Labute approximate surface area is 176 Å². The van der Waals surface area contributed by atoms with Crippen molar-refractivity contribution < 1.29 is 26.7 Å². The molecule has 0 aliphatic rings. The first kappa shape index (κ1) is 21.8. The second kappa shape index (κ2) is 9.28. The Morgan fingerprint density at radius 1 is 1.17 bits per heavy atom. The highest BCUT2D eigenvalue weighted by Gasteiger charge is 2.23. The van der Waals surface area contributed by atoms with E-state index in [2.05, 4.69) is 15.0 Å². The molecule has 0 saturated heterocycles. The predicted octanol–water partition coefficient (Wildman–Crippen LogP) is 3.67. The number of nitrogens with one attached hydrogen (secondary N) is 1. The summed E-state index contributed by atoms with van der Waals surface area (Å²) < 4.78 is 55.6. The van der Waals surface area contributed by atoms with Gasteiger partial charge in [0, 0.05) is 18.0 Å². The van der Waals surface area contributed by atoms with Crippen LogP contribution in [0.15, 0.2) is 64.9 Å². The number of hydrogen-bond donors (Lipinski definition) is 1. The Balaban J connectivity index is 1.69. The molecule has 11 heteroatoms. The molecule has 0 fully saturated rings. The number of carbonyl (C=O) groups excluding carboxylic acids is 1. The predicted molar refractivity (Wildman–Crippen MR) is 109 cm³/mol. The van der Waals surface area contributed by atoms with Gasteiger partial charge in [-0.15, -0.1) is 11.3 Å². The fourth-order valence-corrected chi connectivity index (χ4v) is 4.43. The van der Waals surface area contributed by atoms with Gasteiger partial charge in [0.2, 0.25) is 15.9 Å². The Morgan fingerprint density at radius 3 is 2.53 bits per heavy atom. The van der Waals surface area contributed by atoms with E-state index in [-0.39, 0.29) is 15.8 Å². The number of sulfonamides is 1. The van der Waals surface area contributed by atoms with Gasteiger partial charge in [-0.05, 0) is 24.3 Å². The SMILES string of the molecule is CN(CC(=O)Nc1nc(-c2ccccc2OC(F)F)cs1)S(=O)(=O)c1ccccc1. The van der Waals surface area contributed by atoms with Crippen LogP contribution in [0.1, 0.15) is 0 Å². The zero-order valence-electron chi connectivity index (χ0n) is 15.7. The Kier molecular flexibility index (Phi) is 6.75. The van der Waals surface area contributed by atoms with Gasteiger partial charge in [0.15, 0.2) is 5.13 Å². The van der Waals surface area contributed by atoms with Gasteiger partial charge in [-0.25, -0.2) is 13.4 Å². The van der Waals surface area contributed by atoms with E-state index in [1.165, 1.54) is 25.2 Å². The van der Waals surface area contributed by atoms with Crippen LogP contribution in [0.5, 0.6) is 5.75 Å². The van der Waals surface area contributed by atoms with Crippen LogP contribution in [0.2, 0.25) is 0 Å². The third kappa shape index (κ3) is 5.17. The van der Waals surface area contributed by atoms with Gasteiger partial charge >= 0.3 is 6.61 Å². The number of anilines is 1. The van der Waals surface area contributed by atoms with Crippen molar-refractivity contribution in [1.82, 2.24) is 9.29 Å². The van der Waals surface area contributed by atoms with Crippen molar-refractivity contribution in [3.05, 3.63) is 60.0 Å². The van der Waals surface area contributed by atoms with Crippen LogP contribution in [-0.4, -0.2) is 43.8 Å². The van der Waals surface area contributed by atoms with E-state index in [9.17, 15) is 22.0 Å². The molecule has 3 aromatic rings. The highest BCUT2D eigenvalue weighted by molar-refractivity contribution is 7.89. The van der Waals surface area contributed by atoms with Crippen LogP contribution in [0.4, 0.5) is 13.9 Å². The first-order valence-electron chi connectivity index (χ1n) is 8.58. The molecule has 1 aromatic heterocycles. The molecule has 0 saturated carbocycles. The summed E-state index contributed by atoms with van der Waals surface area (Å²) in [5.74, 6) is -0.626. The summed E-state index contributed by atoms with van der Waals surface area (Å²) in [5, 5.41) is 4.30. The molecule has 0 bridgehead atoms. The summed E-state index contributed by atoms with van der Waals surface area (Å²) in [4.78, 5) is 16.6. The first-order chi connectivity index (χ1) is 14.3. The van der Waals surface area contributed by atoms with E-state index >= 15 is 0 Å². The third-order valence-electron chi connectivity index (χ3n) is 3.95. The number of benzene rings is 2. The number of para-hydroxylation sites is 1. The molecule has 0 spiro atoms. The quantitative estimate of drug-likeness (QED) is 0.562. The second-order valence-electron chi connectivity index (χ2n) is 6.03. The smallest absolute Gasteiger partial charge is 0.387 e. The van der Waals surface area contributed by atoms with Gasteiger partial charge < -0.3 is 10.1 Å². The van der Waals surface area contributed by atoms with Crippen molar-refractivity contribution in [2.45, 2.75) is 11.5 Å². The van der Waals surface area contributed by atoms with Gasteiger partial charge in [-0.3, -0.25) is 4.79 Å². The summed E-state index contributed by atoms with van der Waals surface area (Å²) in [6.07, 6.45) is 0. The lowest BCUT2D eigenvalue weighted by atomic mass is 10.1. The number of nitrogens with zero attached hydrogens (tertiary/aromatic N) is 2. The number of rotatable bonds is 8. The van der Waals surface area contributed by atoms with Crippen LogP contribution in [-0.2, 0) is 14.8 Å². The molecule has 0 unspecified atom stereocenters. The maximum atomic E-state index is 12.6. The van der Waals surface area contributed by atoms with Crippen molar-refractivity contribution in [2.24, 2.45) is 0 Å². The molecule has 158 valence electrons. The largest absolute Gasteiger partial charge is 0.434 e. The monoisotopic (exact) mass is 453 g/mol. The molecule has 7 nitrogen and oxygen atoms in total. The summed E-state index contributed by atoms with van der Waals surface area (Å²) in [6, 6.07) is 13.9. The number of aromatic nitrogens is 1. The fraction of sp³-hybridized carbons (Fsp3) is 0.158. The van der Waals surface area contributed by atoms with Gasteiger partial charge in [0.1, 0.15) is 5.75 Å². The molecule has 1 heterocycles. The third-order valence-corrected chi connectivity index (χ3v) is 6.52. The lowest BCUT2D eigenvalue weighted by molar-refractivity contribution is -0.116. The van der Waals surface area contributed by atoms with Crippen LogP contribution in [0.25, 0.3) is 11.3 Å². The van der Waals surface area contributed by atoms with Crippen LogP contribution in [0, 0.1) is 0 Å². The standard InChI is InChI=1S/C19H17F2N3O4S2/c1-24(30(26,27)13-7-3-2-4-8-13)11-17(25)23-19-22-15(12-29-19)14-9-5-6-10-16(14)28-18(20)21/h2-10,12,18H,11H2,1H3,(H,22,23,25). The number of amides is 1. The minimum atomic E-state index is -3.81. The van der Waals surface area contributed by atoms with Crippen LogP contribution < -0.4 is 10.1 Å². The lowest BCUT2D eigenvalue weighted by Crippen LogP contribution is -2.34. The molecule has 0 aliphatic carbocycles. The van der Waals surface area contributed by atoms with E-state index in [1.54, 1.807) is 41.8 Å². The molecule has 3 rings (SSSR count). The lowest BCUT2D eigenvalue weighted by Gasteiger charge is -2.16. The number of halogens is 2. The second-order valence-corrected chi connectivity index (χ2v) is 8.94. The van der Waals surface area contributed by atoms with Crippen molar-refractivity contribution in [3.63, 3.8) is 0 Å². The molecule has 30 heavy (non-hydrogen) atoms. The number of carbonyl (C=O) groups is 1. The van der Waals surface area contributed by atoms with Gasteiger partial charge in [-0.1, -0.05) is 30.3 Å². The van der Waals surface area contributed by atoms with E-state index in [0.29, 0.717) is 11.3 Å². The number of hydrogen-bond acceptors (Lipinski definition) is 6.